The second-order valence-corrected chi connectivity index (χ2v) is 7.26. The third-order valence-corrected chi connectivity index (χ3v) is 5.05. The lowest BCUT2D eigenvalue weighted by Crippen LogP contribution is -1.95. The van der Waals surface area contributed by atoms with Crippen molar-refractivity contribution >= 4 is 10.8 Å². The molecule has 0 saturated heterocycles. The summed E-state index contributed by atoms with van der Waals surface area (Å²) in [6, 6.07) is 15.8. The highest BCUT2D eigenvalue weighted by atomic mass is 19.2. The van der Waals surface area contributed by atoms with E-state index in [-0.39, 0.29) is 16.5 Å². The average Bonchev–Trinajstić information content (AvgIpc) is 2.81. The number of hydrogen-bond acceptors (Lipinski definition) is 1. The zero-order chi connectivity index (χ0) is 23.4. The van der Waals surface area contributed by atoms with Crippen LogP contribution >= 0.6 is 0 Å². The lowest BCUT2D eigenvalue weighted by Gasteiger charge is -2.08. The van der Waals surface area contributed by atoms with Crippen LogP contribution in [-0.2, 0) is 0 Å². The van der Waals surface area contributed by atoms with Crippen LogP contribution in [0.25, 0.3) is 21.9 Å². The number of benzene rings is 4. The van der Waals surface area contributed by atoms with Gasteiger partial charge in [0, 0.05) is 22.6 Å². The predicted molar refractivity (Wildman–Crippen MR) is 122 cm³/mol. The van der Waals surface area contributed by atoms with Crippen molar-refractivity contribution in [3.63, 3.8) is 0 Å². The molecule has 164 valence electrons. The zero-order valence-electron chi connectivity index (χ0n) is 17.6. The van der Waals surface area contributed by atoms with Crippen molar-refractivity contribution < 1.29 is 22.3 Å². The molecule has 5 heteroatoms. The summed E-state index contributed by atoms with van der Waals surface area (Å²) in [7, 11) is 0. The van der Waals surface area contributed by atoms with Crippen LogP contribution in [0.5, 0.6) is 5.75 Å². The smallest absolute Gasteiger partial charge is 0.166 e. The maximum Gasteiger partial charge on any atom is 0.166 e. The average molecular weight is 446 g/mol. The molecule has 4 aromatic carbocycles. The van der Waals surface area contributed by atoms with Crippen LogP contribution in [-0.4, -0.2) is 6.61 Å². The lowest BCUT2D eigenvalue weighted by atomic mass is 10.0. The second kappa shape index (κ2) is 9.62. The molecule has 0 amide bonds. The minimum absolute atomic E-state index is 0.135. The van der Waals surface area contributed by atoms with Gasteiger partial charge in [-0.05, 0) is 60.3 Å². The van der Waals surface area contributed by atoms with Crippen molar-refractivity contribution in [3.05, 3.63) is 113 Å². The standard InChI is InChI=1S/C28H18F4O/c1-2-3-14-33-22-10-12-23(27(31)17-22)21-8-7-19(26(30)16-21)6-4-18-5-11-24-20(15-18)9-13-25(29)28(24)32/h2-3,5,7-13,15-17H,14H2,1H3/b3-2+. The van der Waals surface area contributed by atoms with Gasteiger partial charge in [-0.1, -0.05) is 42.2 Å². The molecule has 0 aliphatic carbocycles. The maximum absolute atomic E-state index is 14.7. The lowest BCUT2D eigenvalue weighted by molar-refractivity contribution is 0.360. The molecule has 0 spiro atoms. The molecule has 0 N–H and O–H groups in total. The number of rotatable bonds is 4. The van der Waals surface area contributed by atoms with E-state index >= 15 is 0 Å². The van der Waals surface area contributed by atoms with Crippen LogP contribution in [0, 0.1) is 35.1 Å². The number of fused-ring (bicyclic) bond motifs is 1. The molecule has 0 heterocycles. The first-order valence-corrected chi connectivity index (χ1v) is 10.2. The molecule has 33 heavy (non-hydrogen) atoms. The third kappa shape index (κ3) is 4.91. The van der Waals surface area contributed by atoms with E-state index < -0.39 is 23.3 Å². The molecule has 0 aromatic heterocycles. The Hall–Kier alpha value is -4.04. The fourth-order valence-electron chi connectivity index (χ4n) is 3.33. The highest BCUT2D eigenvalue weighted by molar-refractivity contribution is 5.84. The maximum atomic E-state index is 14.7. The van der Waals surface area contributed by atoms with E-state index in [1.807, 2.05) is 13.0 Å². The Morgan fingerprint density at radius 1 is 0.788 bits per heavy atom. The van der Waals surface area contributed by atoms with Gasteiger partial charge in [0.25, 0.3) is 0 Å². The van der Waals surface area contributed by atoms with Gasteiger partial charge in [-0.15, -0.1) is 0 Å². The molecule has 0 atom stereocenters. The van der Waals surface area contributed by atoms with Crippen molar-refractivity contribution in [2.75, 3.05) is 6.61 Å². The molecule has 1 nitrogen and oxygen atoms in total. The number of ether oxygens (including phenoxy) is 1. The predicted octanol–water partition coefficient (Wildman–Crippen LogP) is 7.42. The van der Waals surface area contributed by atoms with Crippen LogP contribution in [0.1, 0.15) is 18.1 Å². The molecule has 0 radical (unpaired) electrons. The quantitative estimate of drug-likeness (QED) is 0.180. The van der Waals surface area contributed by atoms with Crippen molar-refractivity contribution in [1.82, 2.24) is 0 Å². The molecule has 0 unspecified atom stereocenters. The van der Waals surface area contributed by atoms with Crippen LogP contribution < -0.4 is 4.74 Å². The Kier molecular flexibility index (Phi) is 6.46. The fourth-order valence-corrected chi connectivity index (χ4v) is 3.33. The topological polar surface area (TPSA) is 9.23 Å². The van der Waals surface area contributed by atoms with Crippen molar-refractivity contribution in [1.29, 1.82) is 0 Å². The largest absolute Gasteiger partial charge is 0.489 e. The summed E-state index contributed by atoms with van der Waals surface area (Å²) >= 11 is 0. The number of hydrogen-bond donors (Lipinski definition) is 0. The highest BCUT2D eigenvalue weighted by Gasteiger charge is 2.10. The summed E-state index contributed by atoms with van der Waals surface area (Å²) in [6.07, 6.45) is 3.63. The van der Waals surface area contributed by atoms with E-state index in [2.05, 4.69) is 11.8 Å². The van der Waals surface area contributed by atoms with Crippen molar-refractivity contribution in [2.24, 2.45) is 0 Å². The van der Waals surface area contributed by atoms with Gasteiger partial charge in [0.1, 0.15) is 24.0 Å². The molecule has 4 rings (SSSR count). The number of halogens is 4. The van der Waals surface area contributed by atoms with Crippen molar-refractivity contribution in [2.45, 2.75) is 6.92 Å². The molecule has 0 aliphatic rings. The van der Waals surface area contributed by atoms with Crippen LogP contribution in [0.4, 0.5) is 17.6 Å². The van der Waals surface area contributed by atoms with Crippen LogP contribution in [0.2, 0.25) is 0 Å². The molecular weight excluding hydrogens is 428 g/mol. The van der Waals surface area contributed by atoms with Gasteiger partial charge < -0.3 is 4.74 Å². The Morgan fingerprint density at radius 2 is 1.64 bits per heavy atom. The molecule has 0 fully saturated rings. The summed E-state index contributed by atoms with van der Waals surface area (Å²) < 4.78 is 61.8. The third-order valence-electron chi connectivity index (χ3n) is 5.05. The number of allylic oxidation sites excluding steroid dienone is 1. The van der Waals surface area contributed by atoms with Gasteiger partial charge in [-0.25, -0.2) is 17.6 Å². The van der Waals surface area contributed by atoms with Gasteiger partial charge in [-0.3, -0.25) is 0 Å². The Morgan fingerprint density at radius 3 is 2.39 bits per heavy atom. The summed E-state index contributed by atoms with van der Waals surface area (Å²) in [5.41, 5.74) is 1.28. The van der Waals surface area contributed by atoms with Crippen LogP contribution in [0.15, 0.2) is 78.9 Å². The van der Waals surface area contributed by atoms with Crippen LogP contribution in [0.3, 0.4) is 0 Å². The van der Waals surface area contributed by atoms with Gasteiger partial charge in [0.05, 0.1) is 5.56 Å². The SMILES string of the molecule is C/C=C/COc1ccc(-c2ccc(C#Cc3ccc4c(F)c(F)ccc4c3)c(F)c2)c(F)c1. The molecule has 0 bridgehead atoms. The minimum atomic E-state index is -0.921. The zero-order valence-corrected chi connectivity index (χ0v) is 17.6. The minimum Gasteiger partial charge on any atom is -0.489 e. The fraction of sp³-hybridized carbons (Fsp3) is 0.0714. The van der Waals surface area contributed by atoms with Gasteiger partial charge in [-0.2, -0.15) is 0 Å². The Bertz CT molecular complexity index is 1430. The van der Waals surface area contributed by atoms with Gasteiger partial charge >= 0.3 is 0 Å². The second-order valence-electron chi connectivity index (χ2n) is 7.26. The Labute approximate surface area is 189 Å². The van der Waals surface area contributed by atoms with E-state index in [1.165, 1.54) is 36.4 Å². The van der Waals surface area contributed by atoms with E-state index in [9.17, 15) is 17.6 Å². The normalized spacial score (nSPS) is 10.9. The molecule has 0 aliphatic heterocycles. The summed E-state index contributed by atoms with van der Waals surface area (Å²) in [5, 5.41) is 0.640. The van der Waals surface area contributed by atoms with Gasteiger partial charge in [0.2, 0.25) is 0 Å². The Balaban J connectivity index is 1.57. The van der Waals surface area contributed by atoms with E-state index in [4.69, 9.17) is 4.74 Å². The summed E-state index contributed by atoms with van der Waals surface area (Å²) in [5.74, 6) is 2.99. The molecular formula is C28H18F4O. The van der Waals surface area contributed by atoms with E-state index in [0.29, 0.717) is 28.9 Å². The molecule has 4 aromatic rings. The molecule has 0 saturated carbocycles. The van der Waals surface area contributed by atoms with Crippen molar-refractivity contribution in [3.8, 4) is 28.7 Å². The highest BCUT2D eigenvalue weighted by Crippen LogP contribution is 2.28. The monoisotopic (exact) mass is 446 g/mol. The summed E-state index contributed by atoms with van der Waals surface area (Å²) in [6.45, 7) is 2.20. The van der Waals surface area contributed by atoms with E-state index in [1.54, 1.807) is 30.3 Å². The first kappa shape index (κ1) is 22.2. The first-order chi connectivity index (χ1) is 16.0. The first-order valence-electron chi connectivity index (χ1n) is 10.2. The van der Waals surface area contributed by atoms with Gasteiger partial charge in [0.15, 0.2) is 11.6 Å². The summed E-state index contributed by atoms with van der Waals surface area (Å²) in [4.78, 5) is 0. The van der Waals surface area contributed by atoms with E-state index in [0.717, 1.165) is 6.07 Å².